The van der Waals surface area contributed by atoms with Gasteiger partial charge in [0.05, 0.1) is 13.2 Å². The highest BCUT2D eigenvalue weighted by atomic mass is 16.8. The van der Waals surface area contributed by atoms with Crippen molar-refractivity contribution < 1.29 is 54.0 Å². The second-order valence-corrected chi connectivity index (χ2v) is 20.3. The van der Waals surface area contributed by atoms with E-state index in [1.807, 2.05) is 273 Å². The van der Waals surface area contributed by atoms with Crippen LogP contribution >= 0.6 is 0 Å². The maximum Gasteiger partial charge on any atom is 0.224 e. The van der Waals surface area contributed by atoms with Gasteiger partial charge in [-0.2, -0.15) is 0 Å². The number of aliphatic hydroxyl groups excluding tert-OH is 5. The largest absolute Gasteiger partial charge is 0.387 e. The van der Waals surface area contributed by atoms with Crippen LogP contribution in [0.25, 0.3) is 0 Å². The van der Waals surface area contributed by atoms with Gasteiger partial charge in [0.25, 0.3) is 0 Å². The first-order valence-corrected chi connectivity index (χ1v) is 27.0. The summed E-state index contributed by atoms with van der Waals surface area (Å²) in [5, 5.41) is 61.2. The lowest BCUT2D eigenvalue weighted by Crippen LogP contribution is -2.63. The lowest BCUT2D eigenvalue weighted by Gasteiger charge is -2.46. The van der Waals surface area contributed by atoms with Gasteiger partial charge in [0.15, 0.2) is 6.29 Å². The summed E-state index contributed by atoms with van der Waals surface area (Å²) in [5.41, 5.74) is 3.00. The number of rotatable bonds is 20. The molecule has 0 radical (unpaired) electrons. The van der Waals surface area contributed by atoms with Gasteiger partial charge >= 0.3 is 0 Å². The zero-order valence-electron chi connectivity index (χ0n) is 43.9. The molecule has 0 aromatic heterocycles. The molecular weight excluding hydrogens is 1000 g/mol. The van der Waals surface area contributed by atoms with Gasteiger partial charge < -0.3 is 54.0 Å². The first-order valence-electron chi connectivity index (χ1n) is 27.0. The molecule has 5 N–H and O–H groups in total. The molecular formula is C69H64O11. The van der Waals surface area contributed by atoms with Crippen molar-refractivity contribution in [2.75, 3.05) is 19.8 Å². The third kappa shape index (κ3) is 10.4. The lowest BCUT2D eigenvalue weighted by molar-refractivity contribution is -0.389. The van der Waals surface area contributed by atoms with E-state index in [1.54, 1.807) is 0 Å². The molecule has 2 saturated heterocycles. The number of aliphatic hydroxyl groups is 5. The van der Waals surface area contributed by atoms with Gasteiger partial charge in [0.2, 0.25) is 5.79 Å². The van der Waals surface area contributed by atoms with E-state index in [9.17, 15) is 25.5 Å². The van der Waals surface area contributed by atoms with Gasteiger partial charge in [-0.3, -0.25) is 0 Å². The summed E-state index contributed by atoms with van der Waals surface area (Å²) in [6, 6.07) is 87.1. The maximum absolute atomic E-state index is 12.8. The molecule has 2 fully saturated rings. The maximum atomic E-state index is 12.8. The van der Waals surface area contributed by atoms with Crippen molar-refractivity contribution >= 4 is 0 Å². The Balaban J connectivity index is 0.993. The quantitative estimate of drug-likeness (QED) is 0.0464. The van der Waals surface area contributed by atoms with Crippen LogP contribution in [-0.2, 0) is 45.2 Å². The van der Waals surface area contributed by atoms with Gasteiger partial charge in [-0.25, -0.2) is 0 Å². The zero-order valence-corrected chi connectivity index (χ0v) is 43.9. The number of hydrogen-bond acceptors (Lipinski definition) is 11. The van der Waals surface area contributed by atoms with Crippen molar-refractivity contribution in [3.63, 3.8) is 0 Å². The molecule has 11 rings (SSSR count). The van der Waals surface area contributed by atoms with Crippen LogP contribution in [0.4, 0.5) is 0 Å². The normalized spacial score (nSPS) is 23.4. The van der Waals surface area contributed by atoms with Crippen LogP contribution < -0.4 is 0 Å². The molecule has 80 heavy (non-hydrogen) atoms. The smallest absolute Gasteiger partial charge is 0.224 e. The van der Waals surface area contributed by atoms with E-state index in [2.05, 4.69) is 0 Å². The van der Waals surface area contributed by atoms with Gasteiger partial charge in [-0.15, -0.1) is 0 Å². The monoisotopic (exact) mass is 1070 g/mol. The molecule has 2 heterocycles. The fourth-order valence-corrected chi connectivity index (χ4v) is 11.5. The van der Waals surface area contributed by atoms with Crippen LogP contribution in [0.5, 0.6) is 0 Å². The van der Waals surface area contributed by atoms with Crippen molar-refractivity contribution in [2.45, 2.75) is 71.6 Å². The molecule has 11 nitrogen and oxygen atoms in total. The third-order valence-electron chi connectivity index (χ3n) is 15.5. The zero-order chi connectivity index (χ0) is 55.0. The third-order valence-corrected chi connectivity index (χ3v) is 15.5. The summed E-state index contributed by atoms with van der Waals surface area (Å²) < 4.78 is 42.1. The van der Waals surface area contributed by atoms with E-state index in [4.69, 9.17) is 28.4 Å². The highest BCUT2D eigenvalue weighted by Gasteiger charge is 2.61. The Morgan fingerprint density at radius 2 is 0.575 bits per heavy atom. The molecule has 11 heteroatoms. The highest BCUT2D eigenvalue weighted by Crippen LogP contribution is 2.47. The van der Waals surface area contributed by atoms with Gasteiger partial charge in [-0.05, 0) is 50.1 Å². The minimum Gasteiger partial charge on any atom is -0.387 e. The van der Waals surface area contributed by atoms with Gasteiger partial charge in [0, 0.05) is 0 Å². The molecule has 406 valence electrons. The topological polar surface area (TPSA) is 157 Å². The number of hydrogen-bond donors (Lipinski definition) is 5. The lowest BCUT2D eigenvalue weighted by atomic mass is 9.80. The van der Waals surface area contributed by atoms with Crippen LogP contribution in [0.15, 0.2) is 273 Å². The van der Waals surface area contributed by atoms with Gasteiger partial charge in [-0.1, -0.05) is 273 Å². The highest BCUT2D eigenvalue weighted by molar-refractivity contribution is 5.50. The van der Waals surface area contributed by atoms with Crippen LogP contribution in [0.2, 0.25) is 0 Å². The van der Waals surface area contributed by atoms with E-state index in [0.717, 1.165) is 50.1 Å². The predicted molar refractivity (Wildman–Crippen MR) is 303 cm³/mol. The van der Waals surface area contributed by atoms with E-state index >= 15 is 0 Å². The predicted octanol–water partition coefficient (Wildman–Crippen LogP) is 9.65. The molecule has 0 spiro atoms. The molecule has 9 aromatic rings. The summed E-state index contributed by atoms with van der Waals surface area (Å²) in [5.74, 6) is -2.38. The fraction of sp³-hybridized carbons (Fsp3) is 0.217. The summed E-state index contributed by atoms with van der Waals surface area (Å²) in [6.45, 7) is -1.25. The molecule has 0 aliphatic carbocycles. The molecule has 2 aliphatic heterocycles. The first kappa shape index (κ1) is 54.5. The van der Waals surface area contributed by atoms with Crippen molar-refractivity contribution in [3.8, 4) is 0 Å². The van der Waals surface area contributed by atoms with Crippen LogP contribution in [0, 0.1) is 0 Å². The first-order chi connectivity index (χ1) is 39.2. The summed E-state index contributed by atoms with van der Waals surface area (Å²) in [6.07, 6.45) is -13.6. The minimum atomic E-state index is -2.38. The average Bonchev–Trinajstić information content (AvgIpc) is 3.96. The van der Waals surface area contributed by atoms with E-state index in [1.165, 1.54) is 0 Å². The van der Waals surface area contributed by atoms with Crippen molar-refractivity contribution in [3.05, 3.63) is 323 Å². The second kappa shape index (κ2) is 24.1. The Morgan fingerprint density at radius 1 is 0.312 bits per heavy atom. The molecule has 9 atom stereocenters. The Hall–Kier alpha value is -7.46. The molecule has 9 aromatic carbocycles. The number of benzene rings is 9. The Morgan fingerprint density at radius 3 is 0.863 bits per heavy atom. The van der Waals surface area contributed by atoms with Crippen molar-refractivity contribution in [2.24, 2.45) is 0 Å². The molecule has 0 saturated carbocycles. The fourth-order valence-electron chi connectivity index (χ4n) is 11.5. The summed E-state index contributed by atoms with van der Waals surface area (Å²) in [7, 11) is 0. The molecule has 1 unspecified atom stereocenters. The van der Waals surface area contributed by atoms with E-state index in [-0.39, 0.29) is 13.2 Å². The van der Waals surface area contributed by atoms with Crippen LogP contribution in [-0.4, -0.2) is 100 Å². The van der Waals surface area contributed by atoms with Crippen molar-refractivity contribution in [1.29, 1.82) is 0 Å². The summed E-state index contributed by atoms with van der Waals surface area (Å²) in [4.78, 5) is 0. The molecule has 0 amide bonds. The second-order valence-electron chi connectivity index (χ2n) is 20.3. The Kier molecular flexibility index (Phi) is 16.4. The SMILES string of the molecule is O[C@@H]1[C@H](O)[C@@H](O)C(O[C@]2(COC(c3ccccc3)(c3ccccc3)c3ccccc3)O[C@H](COC(c3ccccc3)(c3ccccc3)c3ccccc3)[C@@H](O)[C@@H]2O)O[C@@H]1COC(c1ccccc1)(c1ccccc1)c1ccccc1. The van der Waals surface area contributed by atoms with Crippen molar-refractivity contribution in [1.82, 2.24) is 0 Å². The van der Waals surface area contributed by atoms with Crippen LogP contribution in [0.3, 0.4) is 0 Å². The summed E-state index contributed by atoms with van der Waals surface area (Å²) >= 11 is 0. The van der Waals surface area contributed by atoms with E-state index in [0.29, 0.717) is 0 Å². The molecule has 2 aliphatic rings. The Labute approximate surface area is 466 Å². The average molecular weight is 1070 g/mol. The Bertz CT molecular complexity index is 3020. The molecule has 0 bridgehead atoms. The standard InChI is InChI=1S/C69H64O11/c70-60-58(46-75-67(49-28-10-1-11-29-49,50-30-12-2-13-31-50)51-32-14-3-15-33-51)78-65(63(73)62(60)72)80-66(48-77-69(55-40-22-7-23-41-55,56-42-24-8-25-43-56)57-44-26-9-27-45-57)64(74)61(71)59(79-66)47-76-68(52-34-16-4-17-35-52,53-36-18-5-19-37-53)54-38-20-6-21-39-54/h1-45,58-65,70-74H,46-48H2/t58-,59-,60+,61-,62+,63-,64+,65?,66+/m1/s1. The minimum absolute atomic E-state index is 0.310. The van der Waals surface area contributed by atoms with E-state index < -0.39 is 78.2 Å². The van der Waals surface area contributed by atoms with Gasteiger partial charge in [0.1, 0.15) is 66.1 Å². The van der Waals surface area contributed by atoms with Crippen LogP contribution in [0.1, 0.15) is 50.1 Å². The number of ether oxygens (including phenoxy) is 6.